The van der Waals surface area contributed by atoms with Gasteiger partial charge in [0.05, 0.1) is 23.4 Å². The molecule has 0 amide bonds. The molecule has 0 aliphatic heterocycles. The monoisotopic (exact) mass is 716 g/mol. The van der Waals surface area contributed by atoms with Gasteiger partial charge in [-0.25, -0.2) is 22.9 Å². The molecule has 6 aromatic rings. The van der Waals surface area contributed by atoms with Crippen LogP contribution < -0.4 is 15.6 Å². The molecule has 49 heavy (non-hydrogen) atoms. The number of anilines is 2. The number of para-hydroxylation sites is 1. The number of nitrogens with one attached hydrogen (secondary N) is 2. The maximum Gasteiger partial charge on any atom is 0.282 e. The Morgan fingerprint density at radius 3 is 2.55 bits per heavy atom. The zero-order valence-corrected chi connectivity index (χ0v) is 31.0. The summed E-state index contributed by atoms with van der Waals surface area (Å²) in [5, 5.41) is 9.21. The minimum absolute atomic E-state index is 0.166. The predicted molar refractivity (Wildman–Crippen MR) is 198 cm³/mol. The summed E-state index contributed by atoms with van der Waals surface area (Å²) in [4.78, 5) is 25.0. The summed E-state index contributed by atoms with van der Waals surface area (Å²) < 4.78 is 37.8. The van der Waals surface area contributed by atoms with E-state index < -0.39 is 24.1 Å². The lowest BCUT2D eigenvalue weighted by molar-refractivity contribution is 0.0896. The fourth-order valence-electron chi connectivity index (χ4n) is 5.49. The lowest BCUT2D eigenvalue weighted by Gasteiger charge is -2.20. The van der Waals surface area contributed by atoms with Crippen molar-refractivity contribution in [3.8, 4) is 5.69 Å². The van der Waals surface area contributed by atoms with Gasteiger partial charge >= 0.3 is 0 Å². The molecule has 256 valence electrons. The highest BCUT2D eigenvalue weighted by Crippen LogP contribution is 2.39. The predicted octanol–water partition coefficient (Wildman–Crippen LogP) is 6.55. The molecule has 2 aromatic carbocycles. The van der Waals surface area contributed by atoms with Crippen molar-refractivity contribution in [1.82, 2.24) is 28.7 Å². The normalized spacial score (nSPS) is 12.9. The molecule has 0 aliphatic carbocycles. The Balaban J connectivity index is 1.42. The number of nitrogens with zero attached hydrogens (tertiary/aromatic N) is 6. The Labute approximate surface area is 290 Å². The van der Waals surface area contributed by atoms with Gasteiger partial charge in [0.1, 0.15) is 30.0 Å². The number of ether oxygens (including phenoxy) is 1. The molecule has 12 nitrogen and oxygen atoms in total. The van der Waals surface area contributed by atoms with Crippen LogP contribution in [0.3, 0.4) is 0 Å². The molecular weight excluding hydrogens is 677 g/mol. The van der Waals surface area contributed by atoms with Gasteiger partial charge < -0.3 is 14.6 Å². The number of benzene rings is 2. The second-order valence-electron chi connectivity index (χ2n) is 13.2. The molecule has 0 saturated heterocycles. The van der Waals surface area contributed by atoms with Crippen LogP contribution in [0.25, 0.3) is 22.2 Å². The Morgan fingerprint density at radius 1 is 1.04 bits per heavy atom. The van der Waals surface area contributed by atoms with E-state index in [4.69, 9.17) is 9.84 Å². The molecule has 1 atom stereocenters. The van der Waals surface area contributed by atoms with E-state index in [1.807, 2.05) is 67.1 Å². The van der Waals surface area contributed by atoms with Crippen molar-refractivity contribution in [1.29, 1.82) is 0 Å². The number of hydrogen-bond acceptors (Lipinski definition) is 9. The third-order valence-electron chi connectivity index (χ3n) is 7.88. The second kappa shape index (κ2) is 13.8. The van der Waals surface area contributed by atoms with Crippen molar-refractivity contribution in [2.75, 3.05) is 22.9 Å². The summed E-state index contributed by atoms with van der Waals surface area (Å²) in [6.07, 6.45) is 6.42. The number of sulfonamides is 1. The Morgan fingerprint density at radius 2 is 1.82 bits per heavy atom. The van der Waals surface area contributed by atoms with E-state index >= 15 is 0 Å². The number of aryl methyl sites for hydroxylation is 1. The quantitative estimate of drug-likeness (QED) is 0.101. The first kappa shape index (κ1) is 34.4. The summed E-state index contributed by atoms with van der Waals surface area (Å²) in [7, 11) is -4.73. The summed E-state index contributed by atoms with van der Waals surface area (Å²) in [6.45, 7) is 11.7. The van der Waals surface area contributed by atoms with Crippen molar-refractivity contribution < 1.29 is 13.2 Å². The highest BCUT2D eigenvalue weighted by Gasteiger charge is 2.23. The highest BCUT2D eigenvalue weighted by atomic mass is 32.2. The molecule has 0 fully saturated rings. The second-order valence-corrected chi connectivity index (χ2v) is 21.7. The molecule has 0 unspecified atom stereocenters. The van der Waals surface area contributed by atoms with Crippen LogP contribution in [0, 0.1) is 6.92 Å². The minimum atomic E-state index is -3.45. The topological polar surface area (TPSA) is 137 Å². The summed E-state index contributed by atoms with van der Waals surface area (Å²) in [5.74, 6) is 1.07. The van der Waals surface area contributed by atoms with Gasteiger partial charge in [-0.15, -0.1) is 0 Å². The van der Waals surface area contributed by atoms with Crippen LogP contribution in [0.2, 0.25) is 25.7 Å². The number of fused-ring (bicyclic) bond motifs is 2. The van der Waals surface area contributed by atoms with Crippen LogP contribution in [0.5, 0.6) is 0 Å². The molecule has 2 N–H and O–H groups in total. The average molecular weight is 717 g/mol. The van der Waals surface area contributed by atoms with Crippen LogP contribution >= 0.6 is 11.8 Å². The fourth-order valence-corrected chi connectivity index (χ4v) is 7.86. The summed E-state index contributed by atoms with van der Waals surface area (Å²) in [5.41, 5.74) is 3.05. The standard InChI is InChI=1S/C34H40N8O4S2Si/c1-23-15-16-41-30(23)34(43)42(26-12-8-7-9-13-26)32(38-41)24(2)37-31-29-28(47-27-14-10-11-25(19-27)39-48(3,44)45)20-40(33(29)36-21-35-31)22-46-17-18-49(4,5)6/h7-16,19-21,24,39H,17-18,22H2,1-6H3,(H,35,36,37)/t24-/m0/s1. The van der Waals surface area contributed by atoms with Gasteiger partial charge in [-0.3, -0.25) is 14.1 Å². The van der Waals surface area contributed by atoms with E-state index in [-0.39, 0.29) is 5.56 Å². The Hall–Kier alpha value is -4.44. The smallest absolute Gasteiger partial charge is 0.282 e. The molecule has 0 bridgehead atoms. The molecule has 0 spiro atoms. The molecule has 6 rings (SSSR count). The SMILES string of the molecule is Cc1ccn2nc([C@H](C)Nc3ncnc4c3c(Sc3cccc(NS(C)(=O)=O)c3)cn4COCC[Si](C)(C)C)n(-c3ccccc3)c(=O)c12. The number of aromatic nitrogens is 6. The van der Waals surface area contributed by atoms with Gasteiger partial charge in [0.25, 0.3) is 5.56 Å². The van der Waals surface area contributed by atoms with Crippen LogP contribution in [0.1, 0.15) is 24.4 Å². The minimum Gasteiger partial charge on any atom is -0.361 e. The molecule has 0 radical (unpaired) electrons. The third-order valence-corrected chi connectivity index (χ3v) is 11.2. The van der Waals surface area contributed by atoms with Gasteiger partial charge in [0, 0.05) is 42.6 Å². The van der Waals surface area contributed by atoms with Crippen molar-refractivity contribution in [3.63, 3.8) is 0 Å². The van der Waals surface area contributed by atoms with Crippen molar-refractivity contribution in [2.45, 2.75) is 62.1 Å². The van der Waals surface area contributed by atoms with Crippen LogP contribution in [0.4, 0.5) is 11.5 Å². The molecular formula is C34H40N8O4S2Si. The van der Waals surface area contributed by atoms with E-state index in [1.54, 1.807) is 33.5 Å². The fraction of sp³-hybridized carbons (Fsp3) is 0.294. The number of hydrogen-bond donors (Lipinski definition) is 2. The summed E-state index contributed by atoms with van der Waals surface area (Å²) >= 11 is 1.47. The first-order valence-corrected chi connectivity index (χ1v) is 22.3. The zero-order chi connectivity index (χ0) is 34.9. The van der Waals surface area contributed by atoms with Crippen LogP contribution in [-0.4, -0.2) is 58.1 Å². The summed E-state index contributed by atoms with van der Waals surface area (Å²) in [6, 6.07) is 19.2. The van der Waals surface area contributed by atoms with Crippen molar-refractivity contribution in [3.05, 3.63) is 101 Å². The van der Waals surface area contributed by atoms with Crippen molar-refractivity contribution >= 4 is 57.9 Å². The third kappa shape index (κ3) is 7.90. The molecule has 4 aromatic heterocycles. The first-order chi connectivity index (χ1) is 23.3. The van der Waals surface area contributed by atoms with E-state index in [9.17, 15) is 13.2 Å². The lowest BCUT2D eigenvalue weighted by Crippen LogP contribution is -2.29. The van der Waals surface area contributed by atoms with E-state index in [2.05, 4.69) is 39.6 Å². The number of rotatable bonds is 13. The van der Waals surface area contributed by atoms with Crippen LogP contribution in [-0.2, 0) is 21.5 Å². The van der Waals surface area contributed by atoms with E-state index in [0.717, 1.165) is 33.0 Å². The Kier molecular flexibility index (Phi) is 9.71. The largest absolute Gasteiger partial charge is 0.361 e. The average Bonchev–Trinajstić information content (AvgIpc) is 3.59. The zero-order valence-electron chi connectivity index (χ0n) is 28.3. The van der Waals surface area contributed by atoms with E-state index in [1.165, 1.54) is 18.1 Å². The Bertz CT molecular complexity index is 2300. The maximum absolute atomic E-state index is 14.0. The van der Waals surface area contributed by atoms with Gasteiger partial charge in [0.15, 0.2) is 5.82 Å². The lowest BCUT2D eigenvalue weighted by atomic mass is 10.2. The van der Waals surface area contributed by atoms with Crippen LogP contribution in [0.15, 0.2) is 94.0 Å². The maximum atomic E-state index is 14.0. The van der Waals surface area contributed by atoms with Gasteiger partial charge in [-0.05, 0) is 61.9 Å². The molecule has 0 saturated carbocycles. The first-order valence-electron chi connectivity index (χ1n) is 15.9. The molecule has 0 aliphatic rings. The van der Waals surface area contributed by atoms with Gasteiger partial charge in [-0.1, -0.05) is 55.7 Å². The van der Waals surface area contributed by atoms with Gasteiger partial charge in [-0.2, -0.15) is 5.10 Å². The molecule has 15 heteroatoms. The van der Waals surface area contributed by atoms with E-state index in [0.29, 0.717) is 47.5 Å². The highest BCUT2D eigenvalue weighted by molar-refractivity contribution is 7.99. The van der Waals surface area contributed by atoms with Gasteiger partial charge in [0.2, 0.25) is 10.0 Å². The molecule has 4 heterocycles. The van der Waals surface area contributed by atoms with Crippen molar-refractivity contribution in [2.24, 2.45) is 0 Å².